The van der Waals surface area contributed by atoms with Gasteiger partial charge in [0.2, 0.25) is 0 Å². The molecule has 0 aliphatic carbocycles. The molecule has 3 heterocycles. The fourth-order valence-electron chi connectivity index (χ4n) is 2.96. The van der Waals surface area contributed by atoms with Crippen molar-refractivity contribution in [2.45, 2.75) is 38.3 Å². The van der Waals surface area contributed by atoms with Crippen LogP contribution in [0.1, 0.15) is 24.3 Å². The number of rotatable bonds is 3. The number of aromatic nitrogens is 1. The van der Waals surface area contributed by atoms with Gasteiger partial charge in [0.05, 0.1) is 18.8 Å². The van der Waals surface area contributed by atoms with Gasteiger partial charge in [0.1, 0.15) is 6.10 Å². The van der Waals surface area contributed by atoms with E-state index in [9.17, 15) is 13.6 Å². The molecule has 0 N–H and O–H groups in total. The number of alkyl halides is 2. The van der Waals surface area contributed by atoms with Gasteiger partial charge in [-0.3, -0.25) is 9.69 Å². The van der Waals surface area contributed by atoms with Crippen molar-refractivity contribution in [1.29, 1.82) is 0 Å². The molecule has 0 radical (unpaired) electrons. The van der Waals surface area contributed by atoms with Crippen molar-refractivity contribution >= 4 is 5.91 Å². The lowest BCUT2D eigenvalue weighted by Gasteiger charge is -2.37. The summed E-state index contributed by atoms with van der Waals surface area (Å²) in [4.78, 5) is 16.0. The van der Waals surface area contributed by atoms with Crippen molar-refractivity contribution in [1.82, 2.24) is 15.0 Å². The molecule has 8 heteroatoms. The van der Waals surface area contributed by atoms with Gasteiger partial charge in [0.15, 0.2) is 5.76 Å². The Kier molecular flexibility index (Phi) is 4.63. The first-order valence-electron chi connectivity index (χ1n) is 7.86. The second kappa shape index (κ2) is 6.52. The van der Waals surface area contributed by atoms with Crippen LogP contribution in [0, 0.1) is 6.92 Å². The second-order valence-corrected chi connectivity index (χ2v) is 6.21. The number of halogens is 2. The molecule has 2 saturated heterocycles. The molecule has 2 fully saturated rings. The monoisotopic (exact) mass is 329 g/mol. The summed E-state index contributed by atoms with van der Waals surface area (Å²) >= 11 is 0. The van der Waals surface area contributed by atoms with Gasteiger partial charge in [0.25, 0.3) is 11.8 Å². The van der Waals surface area contributed by atoms with E-state index in [4.69, 9.17) is 9.26 Å². The molecule has 1 amide bonds. The van der Waals surface area contributed by atoms with Crippen molar-refractivity contribution in [2.24, 2.45) is 0 Å². The second-order valence-electron chi connectivity index (χ2n) is 6.21. The highest BCUT2D eigenvalue weighted by atomic mass is 19.3. The van der Waals surface area contributed by atoms with Gasteiger partial charge in [0, 0.05) is 45.1 Å². The Bertz CT molecular complexity index is 554. The number of amides is 1. The molecule has 0 aromatic carbocycles. The number of morpholine rings is 1. The summed E-state index contributed by atoms with van der Waals surface area (Å²) in [7, 11) is 0. The zero-order valence-electron chi connectivity index (χ0n) is 13.1. The van der Waals surface area contributed by atoms with E-state index in [1.807, 2.05) is 13.0 Å². The summed E-state index contributed by atoms with van der Waals surface area (Å²) < 4.78 is 37.1. The van der Waals surface area contributed by atoms with Gasteiger partial charge in [-0.1, -0.05) is 5.16 Å². The van der Waals surface area contributed by atoms with Gasteiger partial charge < -0.3 is 14.2 Å². The number of ether oxygens (including phenoxy) is 1. The number of hydrogen-bond donors (Lipinski definition) is 0. The topological polar surface area (TPSA) is 58.8 Å². The average molecular weight is 329 g/mol. The Morgan fingerprint density at radius 1 is 1.39 bits per heavy atom. The number of carbonyl (C=O) groups is 1. The van der Waals surface area contributed by atoms with E-state index in [1.165, 1.54) is 4.90 Å². The average Bonchev–Trinajstić information content (AvgIpc) is 2.92. The summed E-state index contributed by atoms with van der Waals surface area (Å²) in [5.41, 5.74) is 0.815. The molecular weight excluding hydrogens is 308 g/mol. The highest BCUT2D eigenvalue weighted by molar-refractivity contribution is 5.81. The predicted octanol–water partition coefficient (Wildman–Crippen LogP) is 1.44. The lowest BCUT2D eigenvalue weighted by molar-refractivity contribution is -0.155. The largest absolute Gasteiger partial charge is 0.366 e. The molecule has 0 bridgehead atoms. The number of hydrogen-bond acceptors (Lipinski definition) is 5. The summed E-state index contributed by atoms with van der Waals surface area (Å²) in [6.45, 7) is 4.16. The number of nitrogens with zero attached hydrogens (tertiary/aromatic N) is 3. The van der Waals surface area contributed by atoms with Crippen LogP contribution in [0.2, 0.25) is 0 Å². The molecule has 1 aromatic heterocycles. The molecule has 0 spiro atoms. The molecule has 128 valence electrons. The summed E-state index contributed by atoms with van der Waals surface area (Å²) in [6, 6.07) is 1.86. The third-order valence-electron chi connectivity index (χ3n) is 4.29. The Hall–Kier alpha value is -1.54. The van der Waals surface area contributed by atoms with Crippen molar-refractivity contribution in [2.75, 3.05) is 32.8 Å². The molecule has 1 atom stereocenters. The van der Waals surface area contributed by atoms with Gasteiger partial charge >= 0.3 is 0 Å². The van der Waals surface area contributed by atoms with Gasteiger partial charge in [-0.05, 0) is 6.92 Å². The van der Waals surface area contributed by atoms with E-state index < -0.39 is 12.0 Å². The Morgan fingerprint density at radius 2 is 2.13 bits per heavy atom. The van der Waals surface area contributed by atoms with Crippen LogP contribution in [-0.4, -0.2) is 65.7 Å². The first-order chi connectivity index (χ1) is 10.9. The van der Waals surface area contributed by atoms with E-state index in [2.05, 4.69) is 10.1 Å². The molecule has 23 heavy (non-hydrogen) atoms. The highest BCUT2D eigenvalue weighted by Gasteiger charge is 2.38. The normalized spacial score (nSPS) is 25.5. The fraction of sp³-hybridized carbons (Fsp3) is 0.733. The third kappa shape index (κ3) is 4.06. The maximum atomic E-state index is 13.2. The maximum Gasteiger partial charge on any atom is 0.253 e. The zero-order chi connectivity index (χ0) is 16.4. The summed E-state index contributed by atoms with van der Waals surface area (Å²) in [6.07, 6.45) is -1.14. The predicted molar refractivity (Wildman–Crippen MR) is 77.0 cm³/mol. The number of likely N-dealkylation sites (tertiary alicyclic amines) is 1. The summed E-state index contributed by atoms with van der Waals surface area (Å²) in [5.74, 6) is -2.10. The fourth-order valence-corrected chi connectivity index (χ4v) is 2.96. The van der Waals surface area contributed by atoms with Crippen LogP contribution in [-0.2, 0) is 16.1 Å². The number of carbonyl (C=O) groups excluding carboxylic acids is 1. The minimum atomic E-state index is -2.65. The Labute approximate surface area is 133 Å². The third-order valence-corrected chi connectivity index (χ3v) is 4.29. The van der Waals surface area contributed by atoms with Gasteiger partial charge in [-0.2, -0.15) is 0 Å². The number of piperidine rings is 1. The van der Waals surface area contributed by atoms with Crippen molar-refractivity contribution < 1.29 is 22.8 Å². The lowest BCUT2D eigenvalue weighted by Crippen LogP contribution is -2.53. The smallest absolute Gasteiger partial charge is 0.253 e. The van der Waals surface area contributed by atoms with Crippen LogP contribution in [0.4, 0.5) is 8.78 Å². The molecule has 2 aliphatic rings. The van der Waals surface area contributed by atoms with Crippen LogP contribution in [0.15, 0.2) is 10.6 Å². The van der Waals surface area contributed by atoms with Crippen LogP contribution >= 0.6 is 0 Å². The minimum Gasteiger partial charge on any atom is -0.366 e. The molecule has 1 unspecified atom stereocenters. The van der Waals surface area contributed by atoms with E-state index >= 15 is 0 Å². The van der Waals surface area contributed by atoms with Crippen LogP contribution in [0.3, 0.4) is 0 Å². The quantitative estimate of drug-likeness (QED) is 0.840. The molecular formula is C15H21F2N3O3. The highest BCUT2D eigenvalue weighted by Crippen LogP contribution is 2.28. The van der Waals surface area contributed by atoms with Crippen LogP contribution < -0.4 is 0 Å². The summed E-state index contributed by atoms with van der Waals surface area (Å²) in [5, 5.41) is 3.84. The van der Waals surface area contributed by atoms with E-state index in [1.54, 1.807) is 0 Å². The van der Waals surface area contributed by atoms with E-state index in [0.29, 0.717) is 26.2 Å². The zero-order valence-corrected chi connectivity index (χ0v) is 13.1. The van der Waals surface area contributed by atoms with Crippen LogP contribution in [0.5, 0.6) is 0 Å². The lowest BCUT2D eigenvalue weighted by atomic mass is 10.1. The molecule has 3 rings (SSSR count). The Balaban J connectivity index is 1.54. The van der Waals surface area contributed by atoms with Gasteiger partial charge in [-0.15, -0.1) is 0 Å². The van der Waals surface area contributed by atoms with Crippen molar-refractivity contribution in [3.8, 4) is 0 Å². The van der Waals surface area contributed by atoms with Crippen LogP contribution in [0.25, 0.3) is 0 Å². The standard InChI is InChI=1S/C15H21F2N3O3/c1-11-8-12(23-18-11)9-19-6-7-22-13(10-19)14(21)20-4-2-15(16,17)3-5-20/h8,13H,2-7,9-10H2,1H3. The molecule has 2 aliphatic heterocycles. The first-order valence-corrected chi connectivity index (χ1v) is 7.86. The van der Waals surface area contributed by atoms with Crippen molar-refractivity contribution in [3.05, 3.63) is 17.5 Å². The molecule has 0 saturated carbocycles. The minimum absolute atomic E-state index is 0.0903. The van der Waals surface area contributed by atoms with E-state index in [-0.39, 0.29) is 31.8 Å². The van der Waals surface area contributed by atoms with Gasteiger partial charge in [-0.25, -0.2) is 8.78 Å². The first kappa shape index (κ1) is 16.3. The molecule has 1 aromatic rings. The SMILES string of the molecule is Cc1cc(CN2CCOC(C(=O)N3CCC(F)(F)CC3)C2)on1. The number of aryl methyl sites for hydroxylation is 1. The van der Waals surface area contributed by atoms with E-state index in [0.717, 1.165) is 11.5 Å². The Morgan fingerprint density at radius 3 is 2.78 bits per heavy atom. The van der Waals surface area contributed by atoms with Crippen molar-refractivity contribution in [3.63, 3.8) is 0 Å². The molecule has 6 nitrogen and oxygen atoms in total. The maximum absolute atomic E-state index is 13.2.